The zero-order valence-electron chi connectivity index (χ0n) is 13.5. The van der Waals surface area contributed by atoms with Crippen LogP contribution in [0.15, 0.2) is 18.2 Å². The molecule has 0 aliphatic carbocycles. The molecule has 3 heterocycles. The van der Waals surface area contributed by atoms with Crippen molar-refractivity contribution in [3.05, 3.63) is 29.6 Å². The Bertz CT molecular complexity index is 534. The maximum atomic E-state index is 12.9. The lowest BCUT2D eigenvalue weighted by Crippen LogP contribution is -2.50. The molecule has 2 atom stereocenters. The maximum Gasteiger partial charge on any atom is 0.253 e. The van der Waals surface area contributed by atoms with Crippen LogP contribution in [0.5, 0.6) is 0 Å². The van der Waals surface area contributed by atoms with Crippen molar-refractivity contribution in [1.82, 2.24) is 14.8 Å². The fourth-order valence-electron chi connectivity index (χ4n) is 3.41. The normalized spacial score (nSPS) is 26.4. The minimum atomic E-state index is -0.320. The second-order valence-corrected chi connectivity index (χ2v) is 6.15. The number of likely N-dealkylation sites (tertiary alicyclic amines) is 1. The molecule has 1 aromatic rings. The number of pyridine rings is 1. The van der Waals surface area contributed by atoms with E-state index in [1.54, 1.807) is 0 Å². The van der Waals surface area contributed by atoms with Gasteiger partial charge >= 0.3 is 0 Å². The molecular formula is C17H25N3O2. The smallest absolute Gasteiger partial charge is 0.253 e. The van der Waals surface area contributed by atoms with Crippen molar-refractivity contribution in [2.24, 2.45) is 0 Å². The Hall–Kier alpha value is -1.46. The van der Waals surface area contributed by atoms with Crippen LogP contribution < -0.4 is 0 Å². The highest BCUT2D eigenvalue weighted by Crippen LogP contribution is 2.32. The average Bonchev–Trinajstić information content (AvgIpc) is 3.04. The largest absolute Gasteiger partial charge is 0.366 e. The second-order valence-electron chi connectivity index (χ2n) is 6.15. The highest BCUT2D eigenvalue weighted by atomic mass is 16.5. The molecule has 5 nitrogen and oxygen atoms in total. The van der Waals surface area contributed by atoms with Crippen molar-refractivity contribution in [2.45, 2.75) is 38.8 Å². The molecule has 2 aliphatic heterocycles. The Morgan fingerprint density at radius 2 is 2.27 bits per heavy atom. The predicted octanol–water partition coefficient (Wildman–Crippen LogP) is 1.77. The molecule has 0 N–H and O–H groups in total. The van der Waals surface area contributed by atoms with Crippen LogP contribution in [0.4, 0.5) is 0 Å². The number of amides is 1. The van der Waals surface area contributed by atoms with Crippen molar-refractivity contribution in [3.63, 3.8) is 0 Å². The summed E-state index contributed by atoms with van der Waals surface area (Å²) >= 11 is 0. The van der Waals surface area contributed by atoms with Crippen LogP contribution in [-0.2, 0) is 9.53 Å². The molecule has 1 aromatic heterocycles. The highest BCUT2D eigenvalue weighted by molar-refractivity contribution is 5.82. The fraction of sp³-hybridized carbons (Fsp3) is 0.647. The average molecular weight is 303 g/mol. The van der Waals surface area contributed by atoms with Crippen molar-refractivity contribution in [2.75, 3.05) is 32.8 Å². The number of carbonyl (C=O) groups excluding carboxylic acids is 1. The minimum absolute atomic E-state index is 0.105. The van der Waals surface area contributed by atoms with Gasteiger partial charge in [-0.05, 0) is 38.4 Å². The van der Waals surface area contributed by atoms with Gasteiger partial charge in [-0.1, -0.05) is 13.0 Å². The number of likely N-dealkylation sites (N-methyl/N-ethyl adjacent to an activating group) is 1. The van der Waals surface area contributed by atoms with E-state index in [0.717, 1.165) is 43.9 Å². The molecule has 2 aliphatic rings. The first-order chi connectivity index (χ1) is 10.7. The first-order valence-corrected chi connectivity index (χ1v) is 8.27. The Labute approximate surface area is 132 Å². The van der Waals surface area contributed by atoms with Crippen LogP contribution >= 0.6 is 0 Å². The molecule has 0 bridgehead atoms. The van der Waals surface area contributed by atoms with Crippen molar-refractivity contribution in [3.8, 4) is 0 Å². The zero-order valence-corrected chi connectivity index (χ0v) is 13.5. The lowest BCUT2D eigenvalue weighted by Gasteiger charge is -2.35. The summed E-state index contributed by atoms with van der Waals surface area (Å²) in [6.45, 7) is 8.17. The zero-order chi connectivity index (χ0) is 15.5. The summed E-state index contributed by atoms with van der Waals surface area (Å²) < 4.78 is 5.74. The summed E-state index contributed by atoms with van der Waals surface area (Å²) in [5.41, 5.74) is 2.01. The highest BCUT2D eigenvalue weighted by Gasteiger charge is 2.36. The van der Waals surface area contributed by atoms with E-state index in [1.807, 2.05) is 30.0 Å². The van der Waals surface area contributed by atoms with Crippen molar-refractivity contribution < 1.29 is 9.53 Å². The molecule has 0 saturated carbocycles. The van der Waals surface area contributed by atoms with E-state index >= 15 is 0 Å². The van der Waals surface area contributed by atoms with Gasteiger partial charge in [0.15, 0.2) is 0 Å². The summed E-state index contributed by atoms with van der Waals surface area (Å²) in [5, 5.41) is 0. The molecule has 0 aromatic carbocycles. The van der Waals surface area contributed by atoms with Crippen molar-refractivity contribution in [1.29, 1.82) is 0 Å². The number of hydrogen-bond acceptors (Lipinski definition) is 4. The predicted molar refractivity (Wildman–Crippen MR) is 84.5 cm³/mol. The Kier molecular flexibility index (Phi) is 4.74. The van der Waals surface area contributed by atoms with E-state index in [4.69, 9.17) is 4.74 Å². The third-order valence-corrected chi connectivity index (χ3v) is 4.66. The van der Waals surface area contributed by atoms with Crippen LogP contribution in [0.1, 0.15) is 37.2 Å². The van der Waals surface area contributed by atoms with Gasteiger partial charge in [-0.25, -0.2) is 0 Å². The SMILES string of the molecule is CCN1CCOC(C(=O)N2CCCC2c2cccc(C)n2)C1. The standard InChI is InChI=1S/C17H25N3O2/c1-3-19-10-11-22-16(12-19)17(21)20-9-5-8-15(20)14-7-4-6-13(2)18-14/h4,6-7,15-16H,3,5,8-12H2,1-2H3. The Morgan fingerprint density at radius 3 is 3.05 bits per heavy atom. The molecule has 2 saturated heterocycles. The van der Waals surface area contributed by atoms with Crippen LogP contribution in [0, 0.1) is 6.92 Å². The van der Waals surface area contributed by atoms with Gasteiger partial charge in [0.1, 0.15) is 6.10 Å². The summed E-state index contributed by atoms with van der Waals surface area (Å²) in [6.07, 6.45) is 1.71. The van der Waals surface area contributed by atoms with E-state index in [9.17, 15) is 4.79 Å². The molecule has 0 radical (unpaired) electrons. The first kappa shape index (κ1) is 15.4. The van der Waals surface area contributed by atoms with Crippen LogP contribution in [0.2, 0.25) is 0 Å². The Morgan fingerprint density at radius 1 is 1.41 bits per heavy atom. The van der Waals surface area contributed by atoms with E-state index in [0.29, 0.717) is 13.2 Å². The van der Waals surface area contributed by atoms with Gasteiger partial charge in [-0.2, -0.15) is 0 Å². The molecule has 22 heavy (non-hydrogen) atoms. The summed E-state index contributed by atoms with van der Waals surface area (Å²) in [6, 6.07) is 6.15. The van der Waals surface area contributed by atoms with Gasteiger partial charge in [0.05, 0.1) is 18.3 Å². The van der Waals surface area contributed by atoms with E-state index in [-0.39, 0.29) is 18.1 Å². The molecule has 1 amide bonds. The van der Waals surface area contributed by atoms with Gasteiger partial charge in [0.2, 0.25) is 0 Å². The van der Waals surface area contributed by atoms with E-state index in [1.165, 1.54) is 0 Å². The molecular weight excluding hydrogens is 278 g/mol. The monoisotopic (exact) mass is 303 g/mol. The van der Waals surface area contributed by atoms with Gasteiger partial charge in [0.25, 0.3) is 5.91 Å². The van der Waals surface area contributed by atoms with Gasteiger partial charge in [-0.15, -0.1) is 0 Å². The molecule has 2 unspecified atom stereocenters. The minimum Gasteiger partial charge on any atom is -0.366 e. The molecule has 3 rings (SSSR count). The fourth-order valence-corrected chi connectivity index (χ4v) is 3.41. The molecule has 2 fully saturated rings. The summed E-state index contributed by atoms with van der Waals surface area (Å²) in [7, 11) is 0. The lowest BCUT2D eigenvalue weighted by molar-refractivity contribution is -0.150. The maximum absolute atomic E-state index is 12.9. The number of nitrogens with zero attached hydrogens (tertiary/aromatic N) is 3. The quantitative estimate of drug-likeness (QED) is 0.854. The van der Waals surface area contributed by atoms with E-state index in [2.05, 4.69) is 16.8 Å². The molecule has 120 valence electrons. The number of aromatic nitrogens is 1. The van der Waals surface area contributed by atoms with Crippen LogP contribution in [0.25, 0.3) is 0 Å². The number of morpholine rings is 1. The van der Waals surface area contributed by atoms with Gasteiger partial charge in [-0.3, -0.25) is 14.7 Å². The summed E-state index contributed by atoms with van der Waals surface area (Å²) in [5.74, 6) is 0.129. The Balaban J connectivity index is 1.73. The topological polar surface area (TPSA) is 45.7 Å². The van der Waals surface area contributed by atoms with Gasteiger partial charge < -0.3 is 9.64 Å². The third-order valence-electron chi connectivity index (χ3n) is 4.66. The number of aryl methyl sites for hydroxylation is 1. The summed E-state index contributed by atoms with van der Waals surface area (Å²) in [4.78, 5) is 21.8. The van der Waals surface area contributed by atoms with E-state index < -0.39 is 0 Å². The number of carbonyl (C=O) groups is 1. The first-order valence-electron chi connectivity index (χ1n) is 8.27. The molecule has 0 spiro atoms. The number of rotatable bonds is 3. The second kappa shape index (κ2) is 6.75. The third kappa shape index (κ3) is 3.15. The number of hydrogen-bond donors (Lipinski definition) is 0. The van der Waals surface area contributed by atoms with Crippen LogP contribution in [-0.4, -0.2) is 59.6 Å². The van der Waals surface area contributed by atoms with Gasteiger partial charge in [0, 0.05) is 25.3 Å². The van der Waals surface area contributed by atoms with Crippen molar-refractivity contribution >= 4 is 5.91 Å². The molecule has 5 heteroatoms. The lowest BCUT2D eigenvalue weighted by atomic mass is 10.1. The number of ether oxygens (including phenoxy) is 1. The van der Waals surface area contributed by atoms with Crippen LogP contribution in [0.3, 0.4) is 0 Å².